The number of likely N-dealkylation sites (tertiary alicyclic amines) is 1. The van der Waals surface area contributed by atoms with Crippen LogP contribution in [0.1, 0.15) is 63.8 Å². The highest BCUT2D eigenvalue weighted by atomic mass is 16.3. The number of aryl methyl sites for hydroxylation is 3. The Hall–Kier alpha value is -3.12. The van der Waals surface area contributed by atoms with Gasteiger partial charge in [-0.15, -0.1) is 0 Å². The van der Waals surface area contributed by atoms with Crippen LogP contribution < -0.4 is 5.43 Å². The zero-order chi connectivity index (χ0) is 26.3. The van der Waals surface area contributed by atoms with Crippen LogP contribution in [-0.4, -0.2) is 32.1 Å². The predicted molar refractivity (Wildman–Crippen MR) is 148 cm³/mol. The van der Waals surface area contributed by atoms with Crippen LogP contribution in [0.2, 0.25) is 0 Å². The molecule has 0 radical (unpaired) electrons. The number of phenols is 1. The topological polar surface area (TPSA) is 71.5 Å². The quantitative estimate of drug-likeness (QED) is 0.356. The average molecular weight is 500 g/mol. The van der Waals surface area contributed by atoms with E-state index in [-0.39, 0.29) is 16.6 Å². The van der Waals surface area contributed by atoms with Gasteiger partial charge in [-0.3, -0.25) is 9.69 Å². The van der Waals surface area contributed by atoms with Gasteiger partial charge in [0.1, 0.15) is 28.5 Å². The van der Waals surface area contributed by atoms with Crippen LogP contribution >= 0.6 is 0 Å². The van der Waals surface area contributed by atoms with Crippen LogP contribution in [0.25, 0.3) is 33.4 Å². The maximum Gasteiger partial charge on any atom is 0.203 e. The Kier molecular flexibility index (Phi) is 5.36. The molecule has 1 aliphatic heterocycles. The second-order valence-corrected chi connectivity index (χ2v) is 12.6. The molecule has 6 heteroatoms. The van der Waals surface area contributed by atoms with Gasteiger partial charge in [0.15, 0.2) is 0 Å². The molecule has 1 N–H and O–H groups in total. The first kappa shape index (κ1) is 24.2. The molecular formula is C31H37N3O3. The van der Waals surface area contributed by atoms with Crippen molar-refractivity contribution >= 4 is 22.0 Å². The van der Waals surface area contributed by atoms with Crippen molar-refractivity contribution in [1.29, 1.82) is 0 Å². The molecule has 4 aromatic rings. The number of phenolic OH excluding ortho intramolecular Hbond substituents is 1. The second-order valence-electron chi connectivity index (χ2n) is 12.6. The minimum absolute atomic E-state index is 0.0960. The molecule has 2 atom stereocenters. The van der Waals surface area contributed by atoms with Gasteiger partial charge >= 0.3 is 0 Å². The third kappa shape index (κ3) is 3.80. The summed E-state index contributed by atoms with van der Waals surface area (Å²) in [5.74, 6) is 1.39. The zero-order valence-electron chi connectivity index (χ0n) is 22.8. The van der Waals surface area contributed by atoms with Gasteiger partial charge in [0.2, 0.25) is 5.43 Å². The molecular weight excluding hydrogens is 462 g/mol. The molecule has 3 heterocycles. The Labute approximate surface area is 217 Å². The first-order chi connectivity index (χ1) is 17.5. The molecule has 194 valence electrons. The normalized spacial score (nSPS) is 23.4. The fraction of sp³-hybridized carbons (Fsp3) is 0.484. The standard InChI is InChI=1S/C31H37N3O3/c1-7-19-12-21-27(36)25(29-32-23-10-8-9-11-24(23)33(29)6)18(2)37-28(21)22(26(19)35)15-34-17-31(5)14-20(34)13-30(3,4)16-31/h8-12,20,35H,7,13-17H2,1-6H3/t20-,31+/m0/s1. The van der Waals surface area contributed by atoms with Crippen molar-refractivity contribution in [2.24, 2.45) is 17.9 Å². The van der Waals surface area contributed by atoms with E-state index in [1.54, 1.807) is 0 Å². The molecule has 37 heavy (non-hydrogen) atoms. The highest BCUT2D eigenvalue weighted by molar-refractivity contribution is 5.88. The summed E-state index contributed by atoms with van der Waals surface area (Å²) in [5.41, 5.74) is 4.81. The Bertz CT molecular complexity index is 1610. The molecule has 1 aliphatic carbocycles. The van der Waals surface area contributed by atoms with Crippen molar-refractivity contribution in [3.63, 3.8) is 0 Å². The number of aromatic hydroxyl groups is 1. The van der Waals surface area contributed by atoms with Crippen molar-refractivity contribution in [3.8, 4) is 17.1 Å². The summed E-state index contributed by atoms with van der Waals surface area (Å²) in [6.07, 6.45) is 4.18. The highest BCUT2D eigenvalue weighted by Gasteiger charge is 2.49. The second kappa shape index (κ2) is 8.19. The Morgan fingerprint density at radius 3 is 2.68 bits per heavy atom. The van der Waals surface area contributed by atoms with Gasteiger partial charge in [0.05, 0.1) is 22.0 Å². The molecule has 2 aliphatic rings. The minimum Gasteiger partial charge on any atom is -0.507 e. The molecule has 0 amide bonds. The summed E-state index contributed by atoms with van der Waals surface area (Å²) in [5, 5.41) is 11.9. The van der Waals surface area contributed by atoms with Crippen LogP contribution in [0.5, 0.6) is 5.75 Å². The zero-order valence-corrected chi connectivity index (χ0v) is 22.8. The summed E-state index contributed by atoms with van der Waals surface area (Å²) in [6.45, 7) is 12.6. The lowest BCUT2D eigenvalue weighted by molar-refractivity contribution is 0.126. The number of fused-ring (bicyclic) bond motifs is 4. The molecule has 2 aromatic heterocycles. The van der Waals surface area contributed by atoms with E-state index in [2.05, 4.69) is 25.7 Å². The number of hydrogen-bond donors (Lipinski definition) is 1. The smallest absolute Gasteiger partial charge is 0.203 e. The van der Waals surface area contributed by atoms with Crippen molar-refractivity contribution < 1.29 is 9.52 Å². The molecule has 6 nitrogen and oxygen atoms in total. The number of imidazole rings is 1. The fourth-order valence-electron chi connectivity index (χ4n) is 7.56. The van der Waals surface area contributed by atoms with E-state index in [1.807, 2.05) is 55.8 Å². The highest BCUT2D eigenvalue weighted by Crippen LogP contribution is 2.53. The summed E-state index contributed by atoms with van der Waals surface area (Å²) in [6, 6.07) is 10.2. The predicted octanol–water partition coefficient (Wildman–Crippen LogP) is 6.32. The van der Waals surface area contributed by atoms with Gasteiger partial charge in [0, 0.05) is 26.2 Å². The summed E-state index contributed by atoms with van der Waals surface area (Å²) in [4.78, 5) is 21.3. The monoisotopic (exact) mass is 499 g/mol. The van der Waals surface area contributed by atoms with E-state index < -0.39 is 0 Å². The van der Waals surface area contributed by atoms with E-state index in [1.165, 1.54) is 12.8 Å². The Morgan fingerprint density at radius 2 is 1.95 bits per heavy atom. The lowest BCUT2D eigenvalue weighted by Crippen LogP contribution is -2.34. The Balaban J connectivity index is 1.51. The van der Waals surface area contributed by atoms with Gasteiger partial charge in [-0.1, -0.05) is 39.8 Å². The van der Waals surface area contributed by atoms with Gasteiger partial charge < -0.3 is 14.1 Å². The average Bonchev–Trinajstić information content (AvgIpc) is 3.27. The van der Waals surface area contributed by atoms with Crippen LogP contribution in [0.15, 0.2) is 39.5 Å². The largest absolute Gasteiger partial charge is 0.507 e. The van der Waals surface area contributed by atoms with Gasteiger partial charge in [-0.2, -0.15) is 0 Å². The maximum atomic E-state index is 14.1. The van der Waals surface area contributed by atoms with E-state index >= 15 is 0 Å². The van der Waals surface area contributed by atoms with Crippen LogP contribution in [-0.2, 0) is 20.0 Å². The van der Waals surface area contributed by atoms with Crippen molar-refractivity contribution in [1.82, 2.24) is 14.5 Å². The van der Waals surface area contributed by atoms with Gasteiger partial charge in [-0.25, -0.2) is 4.98 Å². The number of aromatic nitrogens is 2. The number of para-hydroxylation sites is 2. The van der Waals surface area contributed by atoms with Crippen LogP contribution in [0.4, 0.5) is 0 Å². The summed E-state index contributed by atoms with van der Waals surface area (Å²) >= 11 is 0. The van der Waals surface area contributed by atoms with Crippen LogP contribution in [0.3, 0.4) is 0 Å². The molecule has 2 aromatic carbocycles. The first-order valence-electron chi connectivity index (χ1n) is 13.5. The van der Waals surface area contributed by atoms with Gasteiger partial charge in [-0.05, 0) is 67.2 Å². The third-order valence-electron chi connectivity index (χ3n) is 8.78. The summed E-state index contributed by atoms with van der Waals surface area (Å²) in [7, 11) is 1.93. The SMILES string of the molecule is CCc1cc2c(=O)c(-c3nc4ccccc4n3C)c(C)oc2c(CN2C[C@]3(C)C[C@@H]2CC(C)(C)C3)c1O. The molecule has 0 spiro atoms. The molecule has 0 unspecified atom stereocenters. The molecule has 6 rings (SSSR count). The van der Waals surface area contributed by atoms with Crippen LogP contribution in [0, 0.1) is 17.8 Å². The third-order valence-corrected chi connectivity index (χ3v) is 8.78. The number of nitrogens with zero attached hydrogens (tertiary/aromatic N) is 3. The molecule has 1 saturated heterocycles. The fourth-order valence-corrected chi connectivity index (χ4v) is 7.56. The van der Waals surface area contributed by atoms with E-state index in [0.717, 1.165) is 35.1 Å². The molecule has 2 bridgehead atoms. The van der Waals surface area contributed by atoms with E-state index in [4.69, 9.17) is 9.40 Å². The maximum absolute atomic E-state index is 14.1. The number of hydrogen-bond acceptors (Lipinski definition) is 5. The summed E-state index contributed by atoms with van der Waals surface area (Å²) < 4.78 is 8.39. The molecule has 1 saturated carbocycles. The lowest BCUT2D eigenvalue weighted by Gasteiger charge is -2.40. The van der Waals surface area contributed by atoms with Crippen molar-refractivity contribution in [2.45, 2.75) is 72.9 Å². The minimum atomic E-state index is -0.0960. The van der Waals surface area contributed by atoms with Crippen molar-refractivity contribution in [3.05, 3.63) is 57.4 Å². The lowest BCUT2D eigenvalue weighted by atomic mass is 9.65. The van der Waals surface area contributed by atoms with Crippen molar-refractivity contribution in [2.75, 3.05) is 6.54 Å². The molecule has 2 fully saturated rings. The Morgan fingerprint density at radius 1 is 1.19 bits per heavy atom. The van der Waals surface area contributed by atoms with Gasteiger partial charge in [0.25, 0.3) is 0 Å². The van der Waals surface area contributed by atoms with E-state index in [0.29, 0.717) is 52.5 Å². The number of rotatable bonds is 4. The van der Waals surface area contributed by atoms with E-state index in [9.17, 15) is 9.90 Å². The first-order valence-corrected chi connectivity index (χ1v) is 13.5. The number of benzene rings is 2.